The number of nitrogens with zero attached hydrogens (tertiary/aromatic N) is 6. The Hall–Kier alpha value is -4.91. The molecule has 12 nitrogen and oxygen atoms in total. The Morgan fingerprint density at radius 1 is 1.26 bits per heavy atom. The molecule has 0 saturated heterocycles. The number of carboxylic acids is 1. The summed E-state index contributed by atoms with van der Waals surface area (Å²) in [5.41, 5.74) is 6.12. The van der Waals surface area contributed by atoms with Crippen LogP contribution in [0.5, 0.6) is 0 Å². The molecular formula is C29H26ClFN8O4. The normalized spacial score (nSPS) is 16.5. The maximum atomic E-state index is 14.8. The highest BCUT2D eigenvalue weighted by Crippen LogP contribution is 2.45. The number of halogens is 2. The monoisotopic (exact) mass is 604 g/mol. The minimum absolute atomic E-state index is 0.00507. The van der Waals surface area contributed by atoms with Crippen LogP contribution in [0.25, 0.3) is 22.4 Å². The lowest BCUT2D eigenvalue weighted by Crippen LogP contribution is -2.33. The summed E-state index contributed by atoms with van der Waals surface area (Å²) in [4.78, 5) is 42.7. The first-order valence-corrected chi connectivity index (χ1v) is 13.6. The Labute approximate surface area is 249 Å². The van der Waals surface area contributed by atoms with Crippen LogP contribution in [0, 0.1) is 18.2 Å². The SMILES string of the molecule is Cc1ccnc(Cn2nc(-c3nc(N)c4c(n3)NC(=O)C4(C)c3nc(CC(C)(C)C(=O)O)co3)c3ccc(Cl)cc32)c1F. The first-order chi connectivity index (χ1) is 20.3. The molecule has 0 saturated carbocycles. The van der Waals surface area contributed by atoms with E-state index in [1.165, 1.54) is 12.5 Å². The van der Waals surface area contributed by atoms with Crippen LogP contribution in [0.2, 0.25) is 5.02 Å². The van der Waals surface area contributed by atoms with Gasteiger partial charge < -0.3 is 20.6 Å². The number of carbonyl (C=O) groups is 2. The summed E-state index contributed by atoms with van der Waals surface area (Å²) < 4.78 is 22.1. The second-order valence-electron chi connectivity index (χ2n) is 11.3. The standard InChI is InChI=1S/C29H26ClFN8O4/c1-13-7-8-33-17(20(13)31)11-39-18-9-14(30)5-6-16(18)21(38-39)24-35-22(32)19-23(36-24)37-25(40)29(19,4)26-34-15(12-43-26)10-28(2,3)27(41)42/h5-9,12H,10-11H2,1-4H3,(H,41,42)(H3,32,35,36,37,40). The lowest BCUT2D eigenvalue weighted by Gasteiger charge is -2.19. The molecule has 1 aliphatic rings. The molecule has 0 aliphatic carbocycles. The van der Waals surface area contributed by atoms with Crippen molar-refractivity contribution >= 4 is 46.0 Å². The van der Waals surface area contributed by atoms with Crippen molar-refractivity contribution in [3.05, 3.63) is 76.0 Å². The van der Waals surface area contributed by atoms with Gasteiger partial charge in [-0.15, -0.1) is 0 Å². The molecule has 4 aromatic heterocycles. The van der Waals surface area contributed by atoms with Gasteiger partial charge in [0.25, 0.3) is 0 Å². The minimum Gasteiger partial charge on any atom is -0.481 e. The zero-order valence-electron chi connectivity index (χ0n) is 23.6. The van der Waals surface area contributed by atoms with Crippen LogP contribution in [-0.2, 0) is 28.0 Å². The Morgan fingerprint density at radius 2 is 2.02 bits per heavy atom. The number of pyridine rings is 1. The number of anilines is 2. The molecule has 0 spiro atoms. The number of aliphatic carboxylic acids is 1. The van der Waals surface area contributed by atoms with E-state index in [0.29, 0.717) is 32.9 Å². The Bertz CT molecular complexity index is 1970. The quantitative estimate of drug-likeness (QED) is 0.239. The fourth-order valence-electron chi connectivity index (χ4n) is 5.15. The number of nitrogens with one attached hydrogen (secondary N) is 1. The van der Waals surface area contributed by atoms with Crippen molar-refractivity contribution in [2.75, 3.05) is 11.1 Å². The fourth-order valence-corrected chi connectivity index (χ4v) is 5.31. The predicted molar refractivity (Wildman–Crippen MR) is 155 cm³/mol. The third-order valence-corrected chi connectivity index (χ3v) is 7.92. The summed E-state index contributed by atoms with van der Waals surface area (Å²) in [7, 11) is 0. The van der Waals surface area contributed by atoms with Crippen molar-refractivity contribution in [3.63, 3.8) is 0 Å². The summed E-state index contributed by atoms with van der Waals surface area (Å²) in [5, 5.41) is 18.0. The van der Waals surface area contributed by atoms with E-state index in [4.69, 9.17) is 21.8 Å². The lowest BCUT2D eigenvalue weighted by molar-refractivity contribution is -0.146. The Balaban J connectivity index is 1.42. The number of amides is 1. The predicted octanol–water partition coefficient (Wildman–Crippen LogP) is 4.52. The molecule has 5 aromatic rings. The van der Waals surface area contributed by atoms with Crippen molar-refractivity contribution in [1.29, 1.82) is 0 Å². The number of aryl methyl sites for hydroxylation is 1. The van der Waals surface area contributed by atoms with Crippen molar-refractivity contribution in [2.24, 2.45) is 5.41 Å². The van der Waals surface area contributed by atoms with Gasteiger partial charge in [0.05, 0.1) is 34.4 Å². The van der Waals surface area contributed by atoms with Gasteiger partial charge in [-0.3, -0.25) is 19.3 Å². The zero-order valence-corrected chi connectivity index (χ0v) is 24.3. The smallest absolute Gasteiger partial charge is 0.309 e. The maximum Gasteiger partial charge on any atom is 0.309 e. The summed E-state index contributed by atoms with van der Waals surface area (Å²) in [6.45, 7) is 6.40. The van der Waals surface area contributed by atoms with Gasteiger partial charge in [-0.05, 0) is 57.5 Å². The highest BCUT2D eigenvalue weighted by Gasteiger charge is 2.51. The summed E-state index contributed by atoms with van der Waals surface area (Å²) in [6.07, 6.45) is 2.95. The molecule has 1 amide bonds. The molecule has 14 heteroatoms. The summed E-state index contributed by atoms with van der Waals surface area (Å²) >= 11 is 6.29. The summed E-state index contributed by atoms with van der Waals surface area (Å²) in [6, 6.07) is 6.72. The second-order valence-corrected chi connectivity index (χ2v) is 11.7. The zero-order chi connectivity index (χ0) is 30.8. The van der Waals surface area contributed by atoms with Crippen molar-refractivity contribution in [1.82, 2.24) is 29.7 Å². The van der Waals surface area contributed by atoms with Crippen LogP contribution in [-0.4, -0.2) is 46.7 Å². The molecule has 1 aliphatic heterocycles. The van der Waals surface area contributed by atoms with Crippen LogP contribution in [0.3, 0.4) is 0 Å². The Morgan fingerprint density at radius 3 is 2.77 bits per heavy atom. The number of fused-ring (bicyclic) bond motifs is 2. The maximum absolute atomic E-state index is 14.8. The van der Waals surface area contributed by atoms with E-state index in [1.807, 2.05) is 0 Å². The van der Waals surface area contributed by atoms with E-state index in [-0.39, 0.29) is 47.6 Å². The molecule has 1 aromatic carbocycles. The lowest BCUT2D eigenvalue weighted by atomic mass is 9.84. The molecule has 4 N–H and O–H groups in total. The number of oxazole rings is 1. The van der Waals surface area contributed by atoms with Crippen LogP contribution in [0.4, 0.5) is 16.0 Å². The van der Waals surface area contributed by atoms with E-state index >= 15 is 0 Å². The van der Waals surface area contributed by atoms with E-state index in [2.05, 4.69) is 30.4 Å². The van der Waals surface area contributed by atoms with Crippen LogP contribution in [0.1, 0.15) is 49.2 Å². The number of aromatic nitrogens is 6. The van der Waals surface area contributed by atoms with E-state index < -0.39 is 28.5 Å². The molecule has 1 unspecified atom stereocenters. The van der Waals surface area contributed by atoms with Gasteiger partial charge >= 0.3 is 5.97 Å². The number of rotatable bonds is 7. The number of nitrogen functional groups attached to an aromatic ring is 1. The molecule has 220 valence electrons. The van der Waals surface area contributed by atoms with Gasteiger partial charge in [0.1, 0.15) is 29.4 Å². The van der Waals surface area contributed by atoms with Crippen molar-refractivity contribution in [2.45, 2.75) is 46.1 Å². The molecule has 6 rings (SSSR count). The highest BCUT2D eigenvalue weighted by molar-refractivity contribution is 6.31. The molecule has 0 fully saturated rings. The third kappa shape index (κ3) is 4.56. The molecule has 0 bridgehead atoms. The number of nitrogens with two attached hydrogens (primary N) is 1. The van der Waals surface area contributed by atoms with Crippen molar-refractivity contribution in [3.8, 4) is 11.5 Å². The van der Waals surface area contributed by atoms with Crippen molar-refractivity contribution < 1.29 is 23.5 Å². The third-order valence-electron chi connectivity index (χ3n) is 7.68. The largest absolute Gasteiger partial charge is 0.481 e. The molecular weight excluding hydrogens is 579 g/mol. The second kappa shape index (κ2) is 9.83. The Kier molecular flexibility index (Phi) is 6.45. The van der Waals surface area contributed by atoms with Crippen LogP contribution in [0.15, 0.2) is 41.1 Å². The number of carbonyl (C=O) groups excluding carboxylic acids is 1. The van der Waals surface area contributed by atoms with E-state index in [0.717, 1.165) is 0 Å². The average Bonchev–Trinajstić information content (AvgIpc) is 3.61. The highest BCUT2D eigenvalue weighted by atomic mass is 35.5. The van der Waals surface area contributed by atoms with Gasteiger partial charge in [0, 0.05) is 23.0 Å². The number of benzene rings is 1. The molecule has 5 heterocycles. The summed E-state index contributed by atoms with van der Waals surface area (Å²) in [5.74, 6) is -1.61. The number of hydrogen-bond donors (Lipinski definition) is 3. The van der Waals surface area contributed by atoms with Gasteiger partial charge in [-0.1, -0.05) is 11.6 Å². The van der Waals surface area contributed by atoms with E-state index in [1.54, 1.807) is 56.6 Å². The van der Waals surface area contributed by atoms with Crippen LogP contribution >= 0.6 is 11.6 Å². The van der Waals surface area contributed by atoms with Gasteiger partial charge in [0.2, 0.25) is 11.8 Å². The minimum atomic E-state index is -1.48. The molecule has 0 radical (unpaired) electrons. The topological polar surface area (TPSA) is 175 Å². The van der Waals surface area contributed by atoms with Gasteiger partial charge in [0.15, 0.2) is 11.2 Å². The first-order valence-electron chi connectivity index (χ1n) is 13.2. The van der Waals surface area contributed by atoms with Gasteiger partial charge in [-0.25, -0.2) is 19.3 Å². The first kappa shape index (κ1) is 28.2. The number of hydrogen-bond acceptors (Lipinski definition) is 9. The van der Waals surface area contributed by atoms with Crippen LogP contribution < -0.4 is 11.1 Å². The van der Waals surface area contributed by atoms with E-state index in [9.17, 15) is 19.1 Å². The average molecular weight is 605 g/mol. The molecule has 43 heavy (non-hydrogen) atoms. The molecule has 1 atom stereocenters. The van der Waals surface area contributed by atoms with Gasteiger partial charge in [-0.2, -0.15) is 5.10 Å². The number of carboxylic acid groups (broad SMARTS) is 1. The fraction of sp³-hybridized carbons (Fsp3) is 0.276.